The van der Waals surface area contributed by atoms with Crippen LogP contribution in [0, 0.1) is 0 Å². The predicted molar refractivity (Wildman–Crippen MR) is 122 cm³/mol. The largest absolute Gasteiger partial charge is 0.460 e. The van der Waals surface area contributed by atoms with Gasteiger partial charge in [0.05, 0.1) is 34.1 Å². The molecule has 0 radical (unpaired) electrons. The van der Waals surface area contributed by atoms with Crippen molar-refractivity contribution in [1.82, 2.24) is 14.9 Å². The van der Waals surface area contributed by atoms with E-state index in [1.165, 1.54) is 6.07 Å². The van der Waals surface area contributed by atoms with E-state index in [1.54, 1.807) is 12.1 Å². The van der Waals surface area contributed by atoms with Crippen LogP contribution >= 0.6 is 11.6 Å². The second-order valence-electron chi connectivity index (χ2n) is 8.54. The van der Waals surface area contributed by atoms with Crippen molar-refractivity contribution < 1.29 is 17.6 Å². The Morgan fingerprint density at radius 1 is 1.15 bits per heavy atom. The number of benzene rings is 1. The monoisotopic (exact) mass is 490 g/mol. The molecular formula is C24H22ClF3N4O2. The lowest BCUT2D eigenvalue weighted by molar-refractivity contribution is -0.137. The molecule has 2 aromatic heterocycles. The first-order chi connectivity index (χ1) is 16.3. The van der Waals surface area contributed by atoms with Crippen molar-refractivity contribution in [2.75, 3.05) is 13.1 Å². The van der Waals surface area contributed by atoms with Gasteiger partial charge in [-0.25, -0.2) is 4.98 Å². The molecule has 0 unspecified atom stereocenters. The molecule has 0 spiro atoms. The minimum Gasteiger partial charge on any atom is -0.460 e. The van der Waals surface area contributed by atoms with Crippen molar-refractivity contribution in [3.63, 3.8) is 0 Å². The summed E-state index contributed by atoms with van der Waals surface area (Å²) in [6.45, 7) is 2.26. The van der Waals surface area contributed by atoms with Gasteiger partial charge in [0.1, 0.15) is 11.5 Å². The minimum atomic E-state index is -4.47. The number of fused-ring (bicyclic) bond motifs is 1. The zero-order valence-electron chi connectivity index (χ0n) is 18.2. The summed E-state index contributed by atoms with van der Waals surface area (Å²) in [5.74, 6) is 1.41. The number of hydrogen-bond donors (Lipinski definition) is 1. The van der Waals surface area contributed by atoms with E-state index in [1.807, 2.05) is 4.90 Å². The minimum absolute atomic E-state index is 0.158. The van der Waals surface area contributed by atoms with E-state index in [0.29, 0.717) is 43.2 Å². The SMILES string of the molecule is O=c1[nH]c(C2=NCCCC2)nc2c1CN(Cc1ccc(-c3cc(C(F)(F)F)ccc3Cl)o1)CC2. The number of aliphatic imine (C=N–C) groups is 1. The normalized spacial score (nSPS) is 16.9. The second-order valence-corrected chi connectivity index (χ2v) is 8.95. The van der Waals surface area contributed by atoms with Gasteiger partial charge in [-0.1, -0.05) is 11.6 Å². The summed E-state index contributed by atoms with van der Waals surface area (Å²) in [6, 6.07) is 6.48. The highest BCUT2D eigenvalue weighted by Gasteiger charge is 2.31. The maximum atomic E-state index is 13.1. The first-order valence-electron chi connectivity index (χ1n) is 11.1. The standard InChI is InChI=1S/C24H22ClF3N4O2/c25-18-6-4-14(24(26,27)28)11-16(18)21-7-5-15(34-21)12-32-10-8-19-17(13-32)23(33)31-22(30-19)20-3-1-2-9-29-20/h4-7,11H,1-3,8-10,12-13H2,(H,30,31,33). The van der Waals surface area contributed by atoms with E-state index < -0.39 is 11.7 Å². The number of halogens is 4. The average Bonchev–Trinajstić information content (AvgIpc) is 3.27. The average molecular weight is 491 g/mol. The molecule has 1 aromatic carbocycles. The lowest BCUT2D eigenvalue weighted by Gasteiger charge is -2.27. The summed E-state index contributed by atoms with van der Waals surface area (Å²) in [4.78, 5) is 26.9. The Bertz CT molecular complexity index is 1310. The van der Waals surface area contributed by atoms with Gasteiger partial charge >= 0.3 is 6.18 Å². The summed E-state index contributed by atoms with van der Waals surface area (Å²) >= 11 is 6.13. The van der Waals surface area contributed by atoms with Gasteiger partial charge < -0.3 is 9.40 Å². The van der Waals surface area contributed by atoms with E-state index in [-0.39, 0.29) is 21.9 Å². The van der Waals surface area contributed by atoms with Crippen molar-refractivity contribution in [3.8, 4) is 11.3 Å². The van der Waals surface area contributed by atoms with Crippen molar-refractivity contribution >= 4 is 17.3 Å². The number of H-pyrrole nitrogens is 1. The fourth-order valence-electron chi connectivity index (χ4n) is 4.36. The number of hydrogen-bond acceptors (Lipinski definition) is 5. The molecule has 0 bridgehead atoms. The predicted octanol–water partition coefficient (Wildman–Crippen LogP) is 5.23. The molecule has 0 saturated heterocycles. The Kier molecular flexibility index (Phi) is 6.07. The van der Waals surface area contributed by atoms with Crippen LogP contribution in [0.25, 0.3) is 11.3 Å². The number of alkyl halides is 3. The maximum Gasteiger partial charge on any atom is 0.416 e. The molecule has 0 atom stereocenters. The van der Waals surface area contributed by atoms with E-state index in [0.717, 1.165) is 49.3 Å². The summed E-state index contributed by atoms with van der Waals surface area (Å²) in [5, 5.41) is 0.178. The molecule has 6 nitrogen and oxygen atoms in total. The molecule has 10 heteroatoms. The third-order valence-corrected chi connectivity index (χ3v) is 6.48. The van der Waals surface area contributed by atoms with Crippen LogP contribution < -0.4 is 5.56 Å². The topological polar surface area (TPSA) is 74.5 Å². The number of aromatic amines is 1. The first kappa shape index (κ1) is 22.9. The van der Waals surface area contributed by atoms with Crippen molar-refractivity contribution in [2.45, 2.75) is 44.9 Å². The molecule has 0 amide bonds. The van der Waals surface area contributed by atoms with E-state index >= 15 is 0 Å². The van der Waals surface area contributed by atoms with Crippen LogP contribution in [0.3, 0.4) is 0 Å². The maximum absolute atomic E-state index is 13.1. The molecule has 0 aliphatic carbocycles. The van der Waals surface area contributed by atoms with Crippen molar-refractivity contribution in [3.05, 3.63) is 74.1 Å². The summed E-state index contributed by atoms with van der Waals surface area (Å²) in [5.41, 5.74) is 1.52. The first-order valence-corrected chi connectivity index (χ1v) is 11.5. The van der Waals surface area contributed by atoms with Gasteiger partial charge in [0.2, 0.25) is 0 Å². The Morgan fingerprint density at radius 2 is 2.00 bits per heavy atom. The van der Waals surface area contributed by atoms with Crippen LogP contribution in [0.5, 0.6) is 0 Å². The molecule has 2 aliphatic heterocycles. The number of rotatable bonds is 4. The van der Waals surface area contributed by atoms with E-state index in [4.69, 9.17) is 16.0 Å². The third kappa shape index (κ3) is 4.67. The molecule has 34 heavy (non-hydrogen) atoms. The number of nitrogens with zero attached hydrogens (tertiary/aromatic N) is 3. The molecular weight excluding hydrogens is 469 g/mol. The van der Waals surface area contributed by atoms with Crippen LogP contribution in [0.4, 0.5) is 13.2 Å². The lowest BCUT2D eigenvalue weighted by atomic mass is 10.1. The number of furan rings is 1. The van der Waals surface area contributed by atoms with Gasteiger partial charge in [0, 0.05) is 31.6 Å². The van der Waals surface area contributed by atoms with Crippen LogP contribution in [-0.4, -0.2) is 33.7 Å². The van der Waals surface area contributed by atoms with Crippen LogP contribution in [0.2, 0.25) is 5.02 Å². The number of nitrogens with one attached hydrogen (secondary N) is 1. The third-order valence-electron chi connectivity index (χ3n) is 6.15. The molecule has 5 rings (SSSR count). The van der Waals surface area contributed by atoms with Gasteiger partial charge in [-0.05, 0) is 49.6 Å². The zero-order valence-corrected chi connectivity index (χ0v) is 19.0. The van der Waals surface area contributed by atoms with Gasteiger partial charge in [-0.2, -0.15) is 13.2 Å². The summed E-state index contributed by atoms with van der Waals surface area (Å²) < 4.78 is 45.1. The Morgan fingerprint density at radius 3 is 2.76 bits per heavy atom. The van der Waals surface area contributed by atoms with E-state index in [9.17, 15) is 18.0 Å². The highest BCUT2D eigenvalue weighted by molar-refractivity contribution is 6.33. The van der Waals surface area contributed by atoms with Gasteiger partial charge in [0.25, 0.3) is 5.56 Å². The summed E-state index contributed by atoms with van der Waals surface area (Å²) in [7, 11) is 0. The molecule has 0 fully saturated rings. The van der Waals surface area contributed by atoms with Crippen molar-refractivity contribution in [1.29, 1.82) is 0 Å². The van der Waals surface area contributed by atoms with Gasteiger partial charge in [-0.15, -0.1) is 0 Å². The Hall–Kier alpha value is -2.91. The fourth-order valence-corrected chi connectivity index (χ4v) is 4.57. The molecule has 1 N–H and O–H groups in total. The molecule has 0 saturated carbocycles. The van der Waals surface area contributed by atoms with Gasteiger partial charge in [-0.3, -0.25) is 14.7 Å². The number of aromatic nitrogens is 2. The smallest absolute Gasteiger partial charge is 0.416 e. The quantitative estimate of drug-likeness (QED) is 0.543. The van der Waals surface area contributed by atoms with E-state index in [2.05, 4.69) is 15.0 Å². The second kappa shape index (κ2) is 9.03. The summed E-state index contributed by atoms with van der Waals surface area (Å²) in [6.07, 6.45) is -0.927. The molecule has 4 heterocycles. The lowest BCUT2D eigenvalue weighted by Crippen LogP contribution is -2.36. The molecule has 2 aliphatic rings. The van der Waals surface area contributed by atoms with Crippen LogP contribution in [0.15, 0.2) is 44.5 Å². The van der Waals surface area contributed by atoms with Crippen LogP contribution in [-0.2, 0) is 25.7 Å². The Balaban J connectivity index is 1.33. The zero-order chi connectivity index (χ0) is 23.9. The van der Waals surface area contributed by atoms with Crippen molar-refractivity contribution in [2.24, 2.45) is 4.99 Å². The fraction of sp³-hybridized carbons (Fsp3) is 0.375. The molecule has 178 valence electrons. The Labute approximate surface area is 198 Å². The van der Waals surface area contributed by atoms with Gasteiger partial charge in [0.15, 0.2) is 5.82 Å². The highest BCUT2D eigenvalue weighted by atomic mass is 35.5. The van der Waals surface area contributed by atoms with Crippen LogP contribution in [0.1, 0.15) is 47.7 Å². The highest BCUT2D eigenvalue weighted by Crippen LogP contribution is 2.36. The molecule has 3 aromatic rings.